The number of carbonyl (C=O) groups is 2. The monoisotopic (exact) mass is 549 g/mol. The van der Waals surface area contributed by atoms with Gasteiger partial charge >= 0.3 is 0 Å². The van der Waals surface area contributed by atoms with E-state index in [0.29, 0.717) is 30.7 Å². The minimum atomic E-state index is -4.10. The van der Waals surface area contributed by atoms with Crippen molar-refractivity contribution in [3.63, 3.8) is 0 Å². The Morgan fingerprint density at radius 1 is 1.08 bits per heavy atom. The number of halogens is 3. The average molecular weight is 550 g/mol. The minimum absolute atomic E-state index is 0.161. The predicted octanol–water partition coefficient (Wildman–Crippen LogP) is 3.78. The smallest absolute Gasteiger partial charge is 0.244 e. The van der Waals surface area contributed by atoms with Gasteiger partial charge in [0.05, 0.1) is 26.7 Å². The summed E-state index contributed by atoms with van der Waals surface area (Å²) in [6, 6.07) is 10.9. The van der Waals surface area contributed by atoms with Crippen LogP contribution in [-0.4, -0.2) is 48.5 Å². The highest BCUT2D eigenvalue weighted by Gasteiger charge is 2.58. The van der Waals surface area contributed by atoms with E-state index in [2.05, 4.69) is 11.4 Å². The van der Waals surface area contributed by atoms with Gasteiger partial charge in [0.25, 0.3) is 0 Å². The van der Waals surface area contributed by atoms with E-state index in [9.17, 15) is 27.7 Å². The van der Waals surface area contributed by atoms with Crippen LogP contribution in [0, 0.1) is 17.1 Å². The summed E-state index contributed by atoms with van der Waals surface area (Å²) in [5.41, 5.74) is -1.09. The Labute approximate surface area is 218 Å². The number of nitriles is 1. The number of likely N-dealkylation sites (tertiary alicyclic amines) is 1. The van der Waals surface area contributed by atoms with Gasteiger partial charge in [-0.1, -0.05) is 35.3 Å². The summed E-state index contributed by atoms with van der Waals surface area (Å²) in [5, 5.41) is 11.3. The SMILES string of the molecule is N#CC1(NC(=O)C2CC(S(=O)(=O)c3ccc(F)cc3Cl)CN2C(=O)C2(c3ccc(Cl)cc3)CC2)CC1. The Balaban J connectivity index is 1.48. The molecule has 1 aliphatic heterocycles. The van der Waals surface area contributed by atoms with Gasteiger partial charge in [-0.25, -0.2) is 12.8 Å². The lowest BCUT2D eigenvalue weighted by Crippen LogP contribution is -2.51. The molecule has 0 aromatic heterocycles. The van der Waals surface area contributed by atoms with Gasteiger partial charge in [0.2, 0.25) is 11.8 Å². The molecule has 5 rings (SSSR count). The average Bonchev–Trinajstić information content (AvgIpc) is 3.75. The number of nitrogens with one attached hydrogen (secondary N) is 1. The van der Waals surface area contributed by atoms with Crippen LogP contribution in [-0.2, 0) is 24.8 Å². The van der Waals surface area contributed by atoms with E-state index < -0.39 is 43.8 Å². The molecule has 2 aliphatic carbocycles. The van der Waals surface area contributed by atoms with Crippen LogP contribution in [0.25, 0.3) is 0 Å². The molecule has 2 aromatic carbocycles. The second kappa shape index (κ2) is 8.72. The van der Waals surface area contributed by atoms with Gasteiger partial charge in [0, 0.05) is 11.6 Å². The van der Waals surface area contributed by atoms with E-state index in [-0.39, 0.29) is 28.8 Å². The summed E-state index contributed by atoms with van der Waals surface area (Å²) in [4.78, 5) is 28.2. The molecular weight excluding hydrogens is 528 g/mol. The molecular formula is C25H22Cl2FN3O4S. The van der Waals surface area contributed by atoms with Crippen LogP contribution in [0.15, 0.2) is 47.4 Å². The normalized spacial score (nSPS) is 23.6. The summed E-state index contributed by atoms with van der Waals surface area (Å²) >= 11 is 12.1. The number of hydrogen-bond donors (Lipinski definition) is 1. The van der Waals surface area contributed by atoms with Crippen LogP contribution in [0.3, 0.4) is 0 Å². The number of hydrogen-bond acceptors (Lipinski definition) is 5. The van der Waals surface area contributed by atoms with Crippen molar-refractivity contribution in [2.24, 2.45) is 0 Å². The number of sulfone groups is 1. The maximum absolute atomic E-state index is 13.9. The predicted molar refractivity (Wildman–Crippen MR) is 131 cm³/mol. The van der Waals surface area contributed by atoms with Crippen LogP contribution in [0.4, 0.5) is 4.39 Å². The molecule has 7 nitrogen and oxygen atoms in total. The van der Waals surface area contributed by atoms with E-state index in [1.807, 2.05) is 0 Å². The van der Waals surface area contributed by atoms with Crippen LogP contribution in [0.2, 0.25) is 10.0 Å². The van der Waals surface area contributed by atoms with E-state index >= 15 is 0 Å². The summed E-state index contributed by atoms with van der Waals surface area (Å²) in [7, 11) is -4.10. The highest BCUT2D eigenvalue weighted by atomic mass is 35.5. The quantitative estimate of drug-likeness (QED) is 0.551. The van der Waals surface area contributed by atoms with Crippen molar-refractivity contribution in [3.05, 3.63) is 63.9 Å². The second-order valence-corrected chi connectivity index (χ2v) is 12.8. The molecule has 0 radical (unpaired) electrons. The Morgan fingerprint density at radius 3 is 2.31 bits per heavy atom. The lowest BCUT2D eigenvalue weighted by atomic mass is 9.94. The number of carbonyl (C=O) groups excluding carboxylic acids is 2. The fourth-order valence-electron chi connectivity index (χ4n) is 4.88. The molecule has 1 saturated heterocycles. The number of nitrogens with zero attached hydrogens (tertiary/aromatic N) is 2. The standard InChI is InChI=1S/C25H22Cl2FN3O4S/c26-16-3-1-15(2-4-16)25(9-10-25)23(33)31-13-18(12-20(31)22(32)30-24(14-29)7-8-24)36(34,35)21-6-5-17(28)11-19(21)27/h1-6,11,18,20H,7-10,12-13H2,(H,30,32). The van der Waals surface area contributed by atoms with Crippen molar-refractivity contribution >= 4 is 44.9 Å². The molecule has 2 unspecified atom stereocenters. The van der Waals surface area contributed by atoms with Crippen molar-refractivity contribution < 1.29 is 22.4 Å². The molecule has 2 amide bonds. The van der Waals surface area contributed by atoms with Crippen molar-refractivity contribution in [2.45, 2.75) is 59.2 Å². The van der Waals surface area contributed by atoms with Gasteiger partial charge in [0.1, 0.15) is 17.4 Å². The Hall–Kier alpha value is -2.67. The lowest BCUT2D eigenvalue weighted by molar-refractivity contribution is -0.140. The maximum Gasteiger partial charge on any atom is 0.244 e. The van der Waals surface area contributed by atoms with Crippen LogP contribution in [0.5, 0.6) is 0 Å². The van der Waals surface area contributed by atoms with Crippen molar-refractivity contribution in [1.29, 1.82) is 5.26 Å². The third-order valence-electron chi connectivity index (χ3n) is 7.35. The third kappa shape index (κ3) is 4.25. The molecule has 0 bridgehead atoms. The van der Waals surface area contributed by atoms with Gasteiger partial charge in [-0.2, -0.15) is 5.26 Å². The van der Waals surface area contributed by atoms with E-state index in [0.717, 1.165) is 23.8 Å². The number of amides is 2. The molecule has 3 aliphatic rings. The first-order chi connectivity index (χ1) is 17.0. The molecule has 0 spiro atoms. The first-order valence-electron chi connectivity index (χ1n) is 11.5. The largest absolute Gasteiger partial charge is 0.336 e. The summed E-state index contributed by atoms with van der Waals surface area (Å²) < 4.78 is 40.5. The molecule has 2 saturated carbocycles. The first-order valence-corrected chi connectivity index (χ1v) is 13.8. The topological polar surface area (TPSA) is 107 Å². The van der Waals surface area contributed by atoms with E-state index in [4.69, 9.17) is 23.2 Å². The van der Waals surface area contributed by atoms with Gasteiger partial charge in [-0.15, -0.1) is 0 Å². The Kier molecular flexibility index (Phi) is 6.05. The maximum atomic E-state index is 13.9. The highest BCUT2D eigenvalue weighted by Crippen LogP contribution is 2.51. The zero-order valence-corrected chi connectivity index (χ0v) is 21.3. The highest BCUT2D eigenvalue weighted by molar-refractivity contribution is 7.92. The van der Waals surface area contributed by atoms with Crippen molar-refractivity contribution in [3.8, 4) is 6.07 Å². The summed E-state index contributed by atoms with van der Waals surface area (Å²) in [6.07, 6.45) is 1.95. The third-order valence-corrected chi connectivity index (χ3v) is 10.2. The fraction of sp³-hybridized carbons (Fsp3) is 0.400. The van der Waals surface area contributed by atoms with E-state index in [1.165, 1.54) is 4.90 Å². The first kappa shape index (κ1) is 25.0. The van der Waals surface area contributed by atoms with Crippen LogP contribution >= 0.6 is 23.2 Å². The van der Waals surface area contributed by atoms with Crippen LogP contribution < -0.4 is 5.32 Å². The molecule has 188 valence electrons. The van der Waals surface area contributed by atoms with Gasteiger partial charge in [0.15, 0.2) is 9.84 Å². The van der Waals surface area contributed by atoms with Crippen molar-refractivity contribution in [1.82, 2.24) is 10.2 Å². The van der Waals surface area contributed by atoms with Gasteiger partial charge < -0.3 is 10.2 Å². The van der Waals surface area contributed by atoms with Crippen molar-refractivity contribution in [2.75, 3.05) is 6.54 Å². The zero-order chi connectivity index (χ0) is 25.9. The van der Waals surface area contributed by atoms with Crippen LogP contribution in [0.1, 0.15) is 37.7 Å². The fourth-order valence-corrected chi connectivity index (χ4v) is 7.24. The summed E-state index contributed by atoms with van der Waals surface area (Å²) in [5.74, 6) is -1.57. The molecule has 3 fully saturated rings. The number of benzene rings is 2. The Bertz CT molecular complexity index is 1400. The Morgan fingerprint density at radius 2 is 1.75 bits per heavy atom. The summed E-state index contributed by atoms with van der Waals surface area (Å²) in [6.45, 7) is -0.220. The molecule has 36 heavy (non-hydrogen) atoms. The van der Waals surface area contributed by atoms with E-state index in [1.54, 1.807) is 24.3 Å². The minimum Gasteiger partial charge on any atom is -0.336 e. The lowest BCUT2D eigenvalue weighted by Gasteiger charge is -2.29. The van der Waals surface area contributed by atoms with Gasteiger partial charge in [-0.05, 0) is 68.0 Å². The van der Waals surface area contributed by atoms with Gasteiger partial charge in [-0.3, -0.25) is 9.59 Å². The molecule has 1 N–H and O–H groups in total. The molecule has 11 heteroatoms. The second-order valence-electron chi connectivity index (χ2n) is 9.72. The number of rotatable bonds is 6. The molecule has 1 heterocycles. The molecule has 2 aromatic rings. The molecule has 2 atom stereocenters. The zero-order valence-electron chi connectivity index (χ0n) is 19.0.